The summed E-state index contributed by atoms with van der Waals surface area (Å²) in [6.45, 7) is 11.1. The number of allylic oxidation sites excluding steroid dienone is 1. The fourth-order valence-corrected chi connectivity index (χ4v) is 4.76. The lowest BCUT2D eigenvalue weighted by atomic mass is 9.75. The second-order valence-corrected chi connectivity index (χ2v) is 9.23. The van der Waals surface area contributed by atoms with Crippen LogP contribution in [0.25, 0.3) is 23.4 Å². The largest absolute Gasteiger partial charge is 0.334 e. The van der Waals surface area contributed by atoms with Crippen molar-refractivity contribution in [3.8, 4) is 5.69 Å². The molecule has 0 saturated heterocycles. The molecule has 1 aliphatic carbocycles. The van der Waals surface area contributed by atoms with Crippen LogP contribution in [0.15, 0.2) is 61.8 Å². The van der Waals surface area contributed by atoms with Crippen molar-refractivity contribution in [1.29, 1.82) is 0 Å². The molecule has 3 heterocycles. The van der Waals surface area contributed by atoms with Crippen molar-refractivity contribution in [2.45, 2.75) is 33.6 Å². The predicted octanol–water partition coefficient (Wildman–Crippen LogP) is 3.89. The van der Waals surface area contributed by atoms with E-state index in [2.05, 4.69) is 73.9 Å². The number of imidazole rings is 1. The minimum absolute atomic E-state index is 0.175. The van der Waals surface area contributed by atoms with E-state index in [1.165, 1.54) is 21.9 Å². The van der Waals surface area contributed by atoms with E-state index in [0.717, 1.165) is 40.8 Å². The third-order valence-corrected chi connectivity index (χ3v) is 6.94. The average molecular weight is 436 g/mol. The van der Waals surface area contributed by atoms with Gasteiger partial charge >= 0.3 is 0 Å². The van der Waals surface area contributed by atoms with E-state index in [-0.39, 0.29) is 5.41 Å². The molecule has 1 atom stereocenters. The average Bonchev–Trinajstić information content (AvgIpc) is 3.49. The lowest BCUT2D eigenvalue weighted by molar-refractivity contribution is 0.624. The van der Waals surface area contributed by atoms with Gasteiger partial charge in [0.1, 0.15) is 0 Å². The lowest BCUT2D eigenvalue weighted by Gasteiger charge is -2.30. The minimum Gasteiger partial charge on any atom is -0.334 e. The molecule has 4 aromatic rings. The SMILES string of the molecule is C=C(c1cncn1C)C1(C)C=c2c(C)c(Cc3ccc(-n4cccn4)cc3)c(C)nc2=CC1. The molecule has 5 nitrogen and oxygen atoms in total. The Morgan fingerprint density at radius 3 is 2.64 bits per heavy atom. The Morgan fingerprint density at radius 1 is 1.18 bits per heavy atom. The van der Waals surface area contributed by atoms with Crippen molar-refractivity contribution in [3.05, 3.63) is 100 Å². The number of rotatable bonds is 5. The minimum atomic E-state index is -0.175. The summed E-state index contributed by atoms with van der Waals surface area (Å²) in [5, 5.41) is 6.62. The molecule has 0 aliphatic heterocycles. The van der Waals surface area contributed by atoms with E-state index < -0.39 is 0 Å². The number of fused-ring (bicyclic) bond motifs is 1. The monoisotopic (exact) mass is 435 g/mol. The molecule has 0 fully saturated rings. The second kappa shape index (κ2) is 8.00. The molecule has 0 bridgehead atoms. The number of pyridine rings is 1. The van der Waals surface area contributed by atoms with Crippen LogP contribution in [0, 0.1) is 19.3 Å². The van der Waals surface area contributed by atoms with Gasteiger partial charge in [0.05, 0.1) is 29.3 Å². The molecule has 166 valence electrons. The zero-order valence-electron chi connectivity index (χ0n) is 19.7. The molecular formula is C28H29N5. The first-order chi connectivity index (χ1) is 15.9. The fraction of sp³-hybridized carbons (Fsp3) is 0.250. The molecule has 0 saturated carbocycles. The first kappa shape index (κ1) is 21.1. The Bertz CT molecular complexity index is 1460. The third kappa shape index (κ3) is 3.74. The molecular weight excluding hydrogens is 406 g/mol. The van der Waals surface area contributed by atoms with Crippen LogP contribution < -0.4 is 10.6 Å². The quantitative estimate of drug-likeness (QED) is 0.478. The van der Waals surface area contributed by atoms with Gasteiger partial charge in [-0.2, -0.15) is 5.10 Å². The highest BCUT2D eigenvalue weighted by Crippen LogP contribution is 2.39. The van der Waals surface area contributed by atoms with Gasteiger partial charge in [-0.15, -0.1) is 0 Å². The summed E-state index contributed by atoms with van der Waals surface area (Å²) in [5.41, 5.74) is 8.00. The van der Waals surface area contributed by atoms with E-state index >= 15 is 0 Å². The maximum Gasteiger partial charge on any atom is 0.0948 e. The molecule has 1 unspecified atom stereocenters. The van der Waals surface area contributed by atoms with Gasteiger partial charge in [0.2, 0.25) is 0 Å². The number of aromatic nitrogens is 5. The van der Waals surface area contributed by atoms with Crippen LogP contribution in [0.2, 0.25) is 0 Å². The van der Waals surface area contributed by atoms with Gasteiger partial charge in [0, 0.05) is 30.6 Å². The van der Waals surface area contributed by atoms with Crippen LogP contribution in [-0.4, -0.2) is 24.3 Å². The van der Waals surface area contributed by atoms with E-state index in [1.54, 1.807) is 6.20 Å². The topological polar surface area (TPSA) is 48.5 Å². The first-order valence-corrected chi connectivity index (χ1v) is 11.3. The summed E-state index contributed by atoms with van der Waals surface area (Å²) >= 11 is 0. The van der Waals surface area contributed by atoms with Gasteiger partial charge in [0.25, 0.3) is 0 Å². The van der Waals surface area contributed by atoms with Gasteiger partial charge < -0.3 is 4.57 Å². The normalized spacial score (nSPS) is 17.2. The van der Waals surface area contributed by atoms with Crippen LogP contribution in [0.5, 0.6) is 0 Å². The molecule has 33 heavy (non-hydrogen) atoms. The fourth-order valence-electron chi connectivity index (χ4n) is 4.76. The summed E-state index contributed by atoms with van der Waals surface area (Å²) < 4.78 is 3.91. The van der Waals surface area contributed by atoms with Crippen LogP contribution in [0.4, 0.5) is 0 Å². The number of hydrogen-bond acceptors (Lipinski definition) is 3. The zero-order chi connectivity index (χ0) is 23.2. The lowest BCUT2D eigenvalue weighted by Crippen LogP contribution is -2.39. The van der Waals surface area contributed by atoms with Crippen molar-refractivity contribution in [2.24, 2.45) is 12.5 Å². The molecule has 0 amide bonds. The second-order valence-electron chi connectivity index (χ2n) is 9.23. The van der Waals surface area contributed by atoms with E-state index in [0.29, 0.717) is 0 Å². The molecule has 5 rings (SSSR count). The van der Waals surface area contributed by atoms with Crippen LogP contribution in [-0.2, 0) is 13.5 Å². The summed E-state index contributed by atoms with van der Waals surface area (Å²) in [6.07, 6.45) is 13.8. The van der Waals surface area contributed by atoms with Crippen LogP contribution in [0.3, 0.4) is 0 Å². The Morgan fingerprint density at radius 2 is 1.97 bits per heavy atom. The van der Waals surface area contributed by atoms with E-state index in [4.69, 9.17) is 4.98 Å². The summed E-state index contributed by atoms with van der Waals surface area (Å²) in [4.78, 5) is 9.27. The van der Waals surface area contributed by atoms with Crippen molar-refractivity contribution in [2.75, 3.05) is 0 Å². The van der Waals surface area contributed by atoms with Gasteiger partial charge in [-0.25, -0.2) is 9.67 Å². The maximum atomic E-state index is 4.99. The Hall–Kier alpha value is -3.73. The van der Waals surface area contributed by atoms with Crippen LogP contribution in [0.1, 0.15) is 41.4 Å². The Kier molecular flexibility index (Phi) is 5.12. The highest BCUT2D eigenvalue weighted by molar-refractivity contribution is 5.74. The summed E-state index contributed by atoms with van der Waals surface area (Å²) in [5.74, 6) is 0. The Labute approximate surface area is 194 Å². The van der Waals surface area contributed by atoms with E-state index in [9.17, 15) is 0 Å². The smallest absolute Gasteiger partial charge is 0.0948 e. The summed E-state index contributed by atoms with van der Waals surface area (Å²) in [7, 11) is 2.02. The molecule has 0 N–H and O–H groups in total. The molecule has 1 aliphatic rings. The molecule has 0 radical (unpaired) electrons. The first-order valence-electron chi connectivity index (χ1n) is 11.3. The van der Waals surface area contributed by atoms with Crippen molar-refractivity contribution in [1.82, 2.24) is 24.3 Å². The van der Waals surface area contributed by atoms with E-state index in [1.807, 2.05) is 41.1 Å². The van der Waals surface area contributed by atoms with Gasteiger partial charge in [-0.05, 0) is 72.4 Å². The number of aryl methyl sites for hydroxylation is 2. The molecule has 1 aromatic carbocycles. The molecule has 3 aromatic heterocycles. The number of benzene rings is 1. The third-order valence-electron chi connectivity index (χ3n) is 6.94. The Balaban J connectivity index is 1.52. The van der Waals surface area contributed by atoms with Gasteiger partial charge in [-0.1, -0.05) is 37.8 Å². The predicted molar refractivity (Wildman–Crippen MR) is 133 cm³/mol. The van der Waals surface area contributed by atoms with Gasteiger partial charge in [0.15, 0.2) is 0 Å². The molecule has 0 spiro atoms. The number of hydrogen-bond donors (Lipinski definition) is 0. The summed E-state index contributed by atoms with van der Waals surface area (Å²) in [6, 6.07) is 10.5. The maximum absolute atomic E-state index is 4.99. The standard InChI is InChI=1S/C28H29N5/c1-19-24(15-22-7-9-23(10-8-22)33-14-6-13-30-33)21(3)31-26-11-12-28(4,16-25(19)26)20(2)27-17-29-18-32(27)5/h6-11,13-14,16-18H,2,12,15H2,1,3-5H3. The highest BCUT2D eigenvalue weighted by atomic mass is 15.3. The highest BCUT2D eigenvalue weighted by Gasteiger charge is 2.29. The van der Waals surface area contributed by atoms with Crippen molar-refractivity contribution < 1.29 is 0 Å². The van der Waals surface area contributed by atoms with Crippen molar-refractivity contribution in [3.63, 3.8) is 0 Å². The number of nitrogens with zero attached hydrogens (tertiary/aromatic N) is 5. The van der Waals surface area contributed by atoms with Crippen LogP contribution >= 0.6 is 0 Å². The molecule has 5 heteroatoms. The van der Waals surface area contributed by atoms with Crippen molar-refractivity contribution >= 4 is 17.7 Å². The zero-order valence-corrected chi connectivity index (χ0v) is 19.7. The van der Waals surface area contributed by atoms with Gasteiger partial charge in [-0.3, -0.25) is 4.98 Å².